The molecule has 0 aliphatic carbocycles. The normalized spacial score (nSPS) is 13.1. The molecule has 3 rings (SSSR count). The first kappa shape index (κ1) is 18.5. The number of amides is 3. The zero-order valence-electron chi connectivity index (χ0n) is 14.7. The molecule has 1 N–H and O–H groups in total. The summed E-state index contributed by atoms with van der Waals surface area (Å²) in [6, 6.07) is 15.5. The number of carbonyl (C=O) groups is 2. The van der Waals surface area contributed by atoms with Crippen molar-refractivity contribution in [1.82, 2.24) is 9.80 Å². The van der Waals surface area contributed by atoms with Gasteiger partial charge in [0, 0.05) is 37.6 Å². The first-order valence-electron chi connectivity index (χ1n) is 8.66. The molecule has 1 aliphatic heterocycles. The third-order valence-electron chi connectivity index (χ3n) is 4.61. The zero-order valence-corrected chi connectivity index (χ0v) is 16.3. The highest BCUT2D eigenvalue weighted by atomic mass is 79.9. The molecule has 136 valence electrons. The summed E-state index contributed by atoms with van der Waals surface area (Å²) in [5.74, 6) is 0.0834. The van der Waals surface area contributed by atoms with Gasteiger partial charge < -0.3 is 15.1 Å². The lowest BCUT2D eigenvalue weighted by Crippen LogP contribution is -2.39. The van der Waals surface area contributed by atoms with E-state index < -0.39 is 0 Å². The Morgan fingerprint density at radius 1 is 1.12 bits per heavy atom. The number of anilines is 1. The summed E-state index contributed by atoms with van der Waals surface area (Å²) in [5.41, 5.74) is 3.25. The summed E-state index contributed by atoms with van der Waals surface area (Å²) in [7, 11) is 1.70. The van der Waals surface area contributed by atoms with Gasteiger partial charge in [-0.3, -0.25) is 4.79 Å². The molecule has 0 spiro atoms. The Kier molecular flexibility index (Phi) is 5.93. The molecule has 0 radical (unpaired) electrons. The smallest absolute Gasteiger partial charge is 0.321 e. The van der Waals surface area contributed by atoms with Gasteiger partial charge in [0.25, 0.3) is 0 Å². The Hall–Kier alpha value is -2.34. The fourth-order valence-electron chi connectivity index (χ4n) is 3.00. The molecule has 2 aromatic rings. The van der Waals surface area contributed by atoms with Crippen molar-refractivity contribution in [3.63, 3.8) is 0 Å². The van der Waals surface area contributed by atoms with Crippen molar-refractivity contribution in [3.8, 4) is 0 Å². The summed E-state index contributed by atoms with van der Waals surface area (Å²) in [4.78, 5) is 28.2. The van der Waals surface area contributed by atoms with Gasteiger partial charge in [-0.05, 0) is 45.6 Å². The Morgan fingerprint density at radius 3 is 2.58 bits per heavy atom. The lowest BCUT2D eigenvalue weighted by molar-refractivity contribution is -0.132. The number of nitrogens with one attached hydrogen (secondary N) is 1. The monoisotopic (exact) mass is 415 g/mol. The number of carbonyl (C=O) groups excluding carboxylic acids is 2. The van der Waals surface area contributed by atoms with Gasteiger partial charge in [0.2, 0.25) is 5.91 Å². The maximum Gasteiger partial charge on any atom is 0.321 e. The molecule has 6 heteroatoms. The fourth-order valence-corrected chi connectivity index (χ4v) is 3.39. The Balaban J connectivity index is 1.50. The summed E-state index contributed by atoms with van der Waals surface area (Å²) in [5, 5.41) is 2.84. The highest BCUT2D eigenvalue weighted by Crippen LogP contribution is 2.22. The molecule has 3 amide bonds. The SMILES string of the molecule is CN(CCC(=O)N1CCc2ccccc2C1)C(=O)Nc1ccccc1Br. The fraction of sp³-hybridized carbons (Fsp3) is 0.300. The summed E-state index contributed by atoms with van der Waals surface area (Å²) in [6.45, 7) is 1.78. The van der Waals surface area contributed by atoms with Gasteiger partial charge in [-0.25, -0.2) is 4.79 Å². The Bertz CT molecular complexity index is 809. The van der Waals surface area contributed by atoms with Crippen LogP contribution in [-0.4, -0.2) is 41.9 Å². The molecule has 5 nitrogen and oxygen atoms in total. The molecule has 0 aromatic heterocycles. The van der Waals surface area contributed by atoms with E-state index in [1.165, 1.54) is 16.0 Å². The number of hydrogen-bond donors (Lipinski definition) is 1. The van der Waals surface area contributed by atoms with Crippen molar-refractivity contribution in [2.45, 2.75) is 19.4 Å². The summed E-state index contributed by atoms with van der Waals surface area (Å²) < 4.78 is 0.824. The number of fused-ring (bicyclic) bond motifs is 1. The number of hydrogen-bond acceptors (Lipinski definition) is 2. The molecule has 1 heterocycles. The van der Waals surface area contributed by atoms with E-state index in [0.29, 0.717) is 25.2 Å². The molecule has 0 atom stereocenters. The first-order chi connectivity index (χ1) is 12.5. The molecule has 0 fully saturated rings. The van der Waals surface area contributed by atoms with E-state index in [0.717, 1.165) is 17.4 Å². The molecule has 2 aromatic carbocycles. The quantitative estimate of drug-likeness (QED) is 0.823. The van der Waals surface area contributed by atoms with Crippen LogP contribution in [0.1, 0.15) is 17.5 Å². The van der Waals surface area contributed by atoms with Crippen LogP contribution in [0.3, 0.4) is 0 Å². The van der Waals surface area contributed by atoms with Crippen LogP contribution in [0.4, 0.5) is 10.5 Å². The topological polar surface area (TPSA) is 52.7 Å². The number of nitrogens with zero attached hydrogens (tertiary/aromatic N) is 2. The Labute approximate surface area is 162 Å². The van der Waals surface area contributed by atoms with E-state index in [9.17, 15) is 9.59 Å². The van der Waals surface area contributed by atoms with Crippen molar-refractivity contribution in [2.75, 3.05) is 25.5 Å². The van der Waals surface area contributed by atoms with E-state index >= 15 is 0 Å². The molecule has 1 aliphatic rings. The molecule has 0 unspecified atom stereocenters. The Morgan fingerprint density at radius 2 is 1.81 bits per heavy atom. The van der Waals surface area contributed by atoms with Gasteiger partial charge in [0.05, 0.1) is 5.69 Å². The third kappa shape index (κ3) is 4.43. The largest absolute Gasteiger partial charge is 0.338 e. The maximum absolute atomic E-state index is 12.5. The average molecular weight is 416 g/mol. The summed E-state index contributed by atoms with van der Waals surface area (Å²) in [6.07, 6.45) is 1.21. The number of halogens is 1. The predicted octanol–water partition coefficient (Wildman–Crippen LogP) is 3.89. The molecule has 0 bridgehead atoms. The van der Waals surface area contributed by atoms with E-state index in [2.05, 4.69) is 33.4 Å². The van der Waals surface area contributed by atoms with Gasteiger partial charge in [0.1, 0.15) is 0 Å². The van der Waals surface area contributed by atoms with Gasteiger partial charge >= 0.3 is 6.03 Å². The van der Waals surface area contributed by atoms with Crippen LogP contribution in [0.15, 0.2) is 53.0 Å². The highest BCUT2D eigenvalue weighted by molar-refractivity contribution is 9.10. The average Bonchev–Trinajstić information content (AvgIpc) is 2.67. The predicted molar refractivity (Wildman–Crippen MR) is 106 cm³/mol. The van der Waals surface area contributed by atoms with Crippen molar-refractivity contribution >= 4 is 33.6 Å². The van der Waals surface area contributed by atoms with E-state index in [1.807, 2.05) is 41.3 Å². The van der Waals surface area contributed by atoms with Crippen LogP contribution in [0.25, 0.3) is 0 Å². The van der Waals surface area contributed by atoms with Crippen LogP contribution >= 0.6 is 15.9 Å². The van der Waals surface area contributed by atoms with Crippen molar-refractivity contribution in [3.05, 3.63) is 64.1 Å². The number of rotatable bonds is 4. The number of urea groups is 1. The van der Waals surface area contributed by atoms with Crippen molar-refractivity contribution < 1.29 is 9.59 Å². The van der Waals surface area contributed by atoms with Crippen LogP contribution in [0, 0.1) is 0 Å². The second-order valence-corrected chi connectivity index (χ2v) is 7.27. The lowest BCUT2D eigenvalue weighted by Gasteiger charge is -2.29. The van der Waals surface area contributed by atoms with Gasteiger partial charge in [0.15, 0.2) is 0 Å². The van der Waals surface area contributed by atoms with E-state index in [1.54, 1.807) is 7.05 Å². The van der Waals surface area contributed by atoms with Crippen LogP contribution < -0.4 is 5.32 Å². The number of benzene rings is 2. The molecule has 0 saturated heterocycles. The lowest BCUT2D eigenvalue weighted by atomic mass is 10.00. The number of para-hydroxylation sites is 1. The van der Waals surface area contributed by atoms with Gasteiger partial charge in [-0.2, -0.15) is 0 Å². The van der Waals surface area contributed by atoms with Crippen LogP contribution in [0.2, 0.25) is 0 Å². The first-order valence-corrected chi connectivity index (χ1v) is 9.45. The van der Waals surface area contributed by atoms with Gasteiger partial charge in [-0.15, -0.1) is 0 Å². The molecular weight excluding hydrogens is 394 g/mol. The minimum absolute atomic E-state index is 0.0834. The molecule has 26 heavy (non-hydrogen) atoms. The van der Waals surface area contributed by atoms with Crippen LogP contribution in [0.5, 0.6) is 0 Å². The minimum Gasteiger partial charge on any atom is -0.338 e. The zero-order chi connectivity index (χ0) is 18.5. The summed E-state index contributed by atoms with van der Waals surface area (Å²) >= 11 is 3.41. The second kappa shape index (κ2) is 8.36. The van der Waals surface area contributed by atoms with Gasteiger partial charge in [-0.1, -0.05) is 36.4 Å². The highest BCUT2D eigenvalue weighted by Gasteiger charge is 2.21. The minimum atomic E-state index is -0.228. The van der Waals surface area contributed by atoms with Crippen molar-refractivity contribution in [1.29, 1.82) is 0 Å². The standard InChI is InChI=1S/C20H22BrN3O2/c1-23(20(26)22-18-9-5-4-8-17(18)21)12-11-19(25)24-13-10-15-6-2-3-7-16(15)14-24/h2-9H,10-14H2,1H3,(H,22,26). The third-order valence-corrected chi connectivity index (χ3v) is 5.30. The molecular formula is C20H22BrN3O2. The van der Waals surface area contributed by atoms with E-state index in [4.69, 9.17) is 0 Å². The molecule has 0 saturated carbocycles. The second-order valence-electron chi connectivity index (χ2n) is 6.42. The van der Waals surface area contributed by atoms with Crippen molar-refractivity contribution in [2.24, 2.45) is 0 Å². The van der Waals surface area contributed by atoms with Crippen LogP contribution in [-0.2, 0) is 17.8 Å². The van der Waals surface area contributed by atoms with E-state index in [-0.39, 0.29) is 11.9 Å². The maximum atomic E-state index is 12.5.